The van der Waals surface area contributed by atoms with Crippen LogP contribution in [0.25, 0.3) is 0 Å². The lowest BCUT2D eigenvalue weighted by atomic mass is 9.88. The van der Waals surface area contributed by atoms with Gasteiger partial charge in [-0.3, -0.25) is 15.2 Å². The Balaban J connectivity index is 1.70. The molecule has 49 heavy (non-hydrogen) atoms. The van der Waals surface area contributed by atoms with E-state index in [1.54, 1.807) is 37.3 Å². The van der Waals surface area contributed by atoms with Gasteiger partial charge in [-0.25, -0.2) is 18.2 Å². The van der Waals surface area contributed by atoms with Crippen LogP contribution in [0.3, 0.4) is 0 Å². The molecule has 4 rings (SSSR count). The largest absolute Gasteiger partial charge is 0.434 e. The van der Waals surface area contributed by atoms with Crippen molar-refractivity contribution in [1.82, 2.24) is 14.9 Å². The van der Waals surface area contributed by atoms with Crippen LogP contribution in [0.2, 0.25) is 0 Å². The van der Waals surface area contributed by atoms with Crippen molar-refractivity contribution in [1.29, 1.82) is 5.41 Å². The topological polar surface area (TPSA) is 118 Å². The molecule has 1 aliphatic rings. The maximum Gasteiger partial charge on any atom is 0.434 e. The number of alkyl halides is 4. The van der Waals surface area contributed by atoms with Crippen LogP contribution in [-0.4, -0.2) is 39.7 Å². The molecule has 0 radical (unpaired) electrons. The molecular weight excluding hydrogens is 650 g/mol. The predicted molar refractivity (Wildman–Crippen MR) is 173 cm³/mol. The van der Waals surface area contributed by atoms with Gasteiger partial charge >= 0.3 is 6.18 Å². The molecule has 0 saturated heterocycles. The Labute approximate surface area is 278 Å². The van der Waals surface area contributed by atoms with E-state index in [9.17, 15) is 31.1 Å². The number of imidazole rings is 1. The number of rotatable bonds is 14. The molecule has 0 spiro atoms. The predicted octanol–water partition coefficient (Wildman–Crippen LogP) is 6.54. The van der Waals surface area contributed by atoms with Gasteiger partial charge in [0.1, 0.15) is 42.6 Å². The zero-order valence-corrected chi connectivity index (χ0v) is 26.4. The summed E-state index contributed by atoms with van der Waals surface area (Å²) in [6.07, 6.45) is 0.918. The molecule has 258 valence electrons. The highest BCUT2D eigenvalue weighted by molar-refractivity contribution is 5.83. The summed E-state index contributed by atoms with van der Waals surface area (Å²) < 4.78 is 90.5. The first kappa shape index (κ1) is 36.6. The van der Waals surface area contributed by atoms with E-state index in [1.165, 1.54) is 30.5 Å². The number of nitrogens with zero attached hydrogens (tertiary/aromatic N) is 3. The van der Waals surface area contributed by atoms with Gasteiger partial charge in [0.05, 0.1) is 24.3 Å². The van der Waals surface area contributed by atoms with Crippen LogP contribution in [-0.2, 0) is 41.9 Å². The van der Waals surface area contributed by atoms with E-state index in [0.29, 0.717) is 17.8 Å². The Morgan fingerprint density at radius 3 is 2.47 bits per heavy atom. The van der Waals surface area contributed by atoms with Gasteiger partial charge in [-0.05, 0) is 48.3 Å². The Morgan fingerprint density at radius 1 is 1.16 bits per heavy atom. The Morgan fingerprint density at radius 2 is 1.86 bits per heavy atom. The first-order chi connectivity index (χ1) is 23.3. The van der Waals surface area contributed by atoms with Crippen molar-refractivity contribution in [2.45, 2.75) is 51.5 Å². The van der Waals surface area contributed by atoms with Gasteiger partial charge in [-0.2, -0.15) is 13.2 Å². The molecule has 1 aliphatic carbocycles. The van der Waals surface area contributed by atoms with Crippen molar-refractivity contribution in [2.75, 3.05) is 0 Å². The summed E-state index contributed by atoms with van der Waals surface area (Å²) in [6, 6.07) is 10.6. The number of benzene rings is 2. The number of nitrogens with two attached hydrogens (primary N) is 1. The van der Waals surface area contributed by atoms with Crippen LogP contribution < -0.4 is 11.1 Å². The second-order valence-electron chi connectivity index (χ2n) is 11.0. The summed E-state index contributed by atoms with van der Waals surface area (Å²) in [4.78, 5) is 21.7. The minimum Gasteiger partial charge on any atom is -0.387 e. The Hall–Kier alpha value is -5.24. The second kappa shape index (κ2) is 16.2. The van der Waals surface area contributed by atoms with E-state index < -0.39 is 59.9 Å². The number of hydrogen-bond acceptors (Lipinski definition) is 5. The summed E-state index contributed by atoms with van der Waals surface area (Å²) in [5.41, 5.74) is 6.07. The first-order valence-electron chi connectivity index (χ1n) is 15.0. The van der Waals surface area contributed by atoms with E-state index in [4.69, 9.17) is 15.9 Å². The molecule has 1 aromatic heterocycles. The van der Waals surface area contributed by atoms with E-state index in [-0.39, 0.29) is 42.3 Å². The summed E-state index contributed by atoms with van der Waals surface area (Å²) in [6.45, 7) is 4.51. The third-order valence-corrected chi connectivity index (χ3v) is 7.41. The summed E-state index contributed by atoms with van der Waals surface area (Å²) >= 11 is 0. The van der Waals surface area contributed by atoms with Gasteiger partial charge in [0.2, 0.25) is 5.91 Å². The fourth-order valence-electron chi connectivity index (χ4n) is 5.21. The number of carbonyl (C=O) groups excluding carboxylic acids is 1. The molecule has 2 aromatic carbocycles. The van der Waals surface area contributed by atoms with Crippen molar-refractivity contribution >= 4 is 18.0 Å². The number of ether oxygens (including phenoxy) is 1. The Kier molecular flexibility index (Phi) is 12.1. The molecule has 14 heteroatoms. The molecule has 0 fully saturated rings. The third-order valence-electron chi connectivity index (χ3n) is 7.41. The maximum atomic E-state index is 14.5. The molecule has 0 saturated carbocycles. The zero-order chi connectivity index (χ0) is 35.7. The highest BCUT2D eigenvalue weighted by atomic mass is 19.4. The number of aromatic nitrogens is 2. The molecule has 8 nitrogen and oxygen atoms in total. The van der Waals surface area contributed by atoms with Crippen molar-refractivity contribution in [2.24, 2.45) is 16.6 Å². The Bertz CT molecular complexity index is 1770. The van der Waals surface area contributed by atoms with E-state index >= 15 is 0 Å². The number of amides is 1. The van der Waals surface area contributed by atoms with Crippen LogP contribution in [0, 0.1) is 23.0 Å². The highest BCUT2D eigenvalue weighted by Crippen LogP contribution is 2.31. The summed E-state index contributed by atoms with van der Waals surface area (Å²) in [7, 11) is 0. The lowest BCUT2D eigenvalue weighted by Crippen LogP contribution is -2.40. The van der Waals surface area contributed by atoms with Crippen LogP contribution in [0.1, 0.15) is 29.6 Å². The first-order valence-corrected chi connectivity index (χ1v) is 15.0. The lowest BCUT2D eigenvalue weighted by Gasteiger charge is -2.25. The molecule has 1 heterocycles. The average molecular weight is 685 g/mol. The van der Waals surface area contributed by atoms with Crippen LogP contribution in [0.5, 0.6) is 0 Å². The van der Waals surface area contributed by atoms with Gasteiger partial charge in [0.15, 0.2) is 5.69 Å². The van der Waals surface area contributed by atoms with Gasteiger partial charge in [0.25, 0.3) is 0 Å². The summed E-state index contributed by atoms with van der Waals surface area (Å²) in [5.74, 6) is -4.22. The fraction of sp³-hybridized carbons (Fsp3) is 0.257. The van der Waals surface area contributed by atoms with Crippen molar-refractivity contribution in [3.63, 3.8) is 0 Å². The highest BCUT2D eigenvalue weighted by Gasteiger charge is 2.35. The number of amidine groups is 1. The van der Waals surface area contributed by atoms with Crippen LogP contribution >= 0.6 is 0 Å². The smallest absolute Gasteiger partial charge is 0.387 e. The van der Waals surface area contributed by atoms with Gasteiger partial charge < -0.3 is 20.4 Å². The molecular formula is C35H34F6N6O2. The lowest BCUT2D eigenvalue weighted by molar-refractivity contribution is -0.141. The molecule has 3 aromatic rings. The molecule has 0 bridgehead atoms. The molecule has 1 amide bonds. The van der Waals surface area contributed by atoms with Crippen molar-refractivity contribution in [3.05, 3.63) is 137 Å². The number of carbonyl (C=O) groups is 1. The molecule has 2 unspecified atom stereocenters. The van der Waals surface area contributed by atoms with E-state index in [1.807, 2.05) is 0 Å². The van der Waals surface area contributed by atoms with Crippen LogP contribution in [0.15, 0.2) is 107 Å². The summed E-state index contributed by atoms with van der Waals surface area (Å²) in [5, 5.41) is 10.5. The molecule has 3 atom stereocenters. The monoisotopic (exact) mass is 684 g/mol. The number of hydrogen-bond donors (Lipinski definition) is 3. The van der Waals surface area contributed by atoms with Crippen molar-refractivity contribution in [3.8, 4) is 0 Å². The fourth-order valence-corrected chi connectivity index (χ4v) is 5.21. The van der Waals surface area contributed by atoms with Gasteiger partial charge in [0, 0.05) is 24.1 Å². The minimum absolute atomic E-state index is 0.0823. The number of allylic oxidation sites excluding steroid dienone is 5. The van der Waals surface area contributed by atoms with Crippen molar-refractivity contribution < 1.29 is 35.9 Å². The standard InChI is InChI=1S/C35H34F6N6O2/c1-3-26(23-10-11-28(38)27(15-23)34(42)43)33(44-4-2)29(14-22-12-24(36)16-25(37)13-22)45-32(48)18-47-17-30(35(39,40)41)46-31(47)20-49-19-21-8-6-5-7-9-21/h3-13,15-17,27-29H,1,14,18-20H2,2H3,(H3,42,43)(H,45,48)/b33-26+,44-4?/t27?,28?,29-/m0/s1. The third kappa shape index (κ3) is 9.89. The zero-order valence-electron chi connectivity index (χ0n) is 26.4. The van der Waals surface area contributed by atoms with Gasteiger partial charge in [-0.15, -0.1) is 0 Å². The second-order valence-corrected chi connectivity index (χ2v) is 11.0. The SMILES string of the molecule is C=C/C(C1=CC(C(=N)N)C(F)C=C1)=C(\N=CC)[C@H](Cc1cc(F)cc(F)c1)NC(=O)Cn1cc(C(F)(F)F)nc1COCc1ccccc1. The number of halogens is 6. The van der Waals surface area contributed by atoms with E-state index in [2.05, 4.69) is 21.9 Å². The molecule has 4 N–H and O–H groups in total. The number of nitrogens with one attached hydrogen (secondary N) is 2. The van der Waals surface area contributed by atoms with E-state index in [0.717, 1.165) is 22.3 Å². The van der Waals surface area contributed by atoms with Crippen LogP contribution in [0.4, 0.5) is 26.3 Å². The minimum atomic E-state index is -4.80. The normalized spacial score (nSPS) is 17.4. The molecule has 0 aliphatic heterocycles. The quantitative estimate of drug-likeness (QED) is 0.0774. The van der Waals surface area contributed by atoms with Gasteiger partial charge in [-0.1, -0.05) is 55.1 Å². The number of aliphatic imine (C=N–C) groups is 1. The maximum absolute atomic E-state index is 14.5. The average Bonchev–Trinajstić information content (AvgIpc) is 3.44.